The quantitative estimate of drug-likeness (QED) is 0.824. The summed E-state index contributed by atoms with van der Waals surface area (Å²) in [7, 11) is 1.65. The summed E-state index contributed by atoms with van der Waals surface area (Å²) >= 11 is 0. The summed E-state index contributed by atoms with van der Waals surface area (Å²) in [6, 6.07) is 12.6. The number of unbranched alkanes of at least 4 members (excludes halogenated alkanes) is 1. The smallest absolute Gasteiger partial charge is 0.218 e. The highest BCUT2D eigenvalue weighted by Gasteiger charge is 2.02. The summed E-state index contributed by atoms with van der Waals surface area (Å²) in [5.74, 6) is 0.680. The van der Waals surface area contributed by atoms with Gasteiger partial charge in [-0.2, -0.15) is 0 Å². The Bertz CT molecular complexity index is 523. The topological polar surface area (TPSA) is 34.2 Å². The molecule has 0 atom stereocenters. The maximum Gasteiger partial charge on any atom is 0.218 e. The fraction of sp³-hybridized carbons (Fsp3) is 0.353. The molecule has 0 saturated heterocycles. The lowest BCUT2D eigenvalue weighted by Gasteiger charge is -2.10. The summed E-state index contributed by atoms with van der Waals surface area (Å²) < 4.78 is 5.25. The fourth-order valence-electron chi connectivity index (χ4n) is 2.11. The van der Waals surface area contributed by atoms with Crippen LogP contribution in [0.3, 0.4) is 0 Å². The SMILES string of the molecule is CCCCc1ccc(NCc2cccnc2OC)cc1. The first kappa shape index (κ1) is 14.4. The molecule has 3 nitrogen and oxygen atoms in total. The molecule has 1 heterocycles. The average Bonchev–Trinajstić information content (AvgIpc) is 2.52. The summed E-state index contributed by atoms with van der Waals surface area (Å²) in [5.41, 5.74) is 3.58. The van der Waals surface area contributed by atoms with Crippen LogP contribution in [-0.2, 0) is 13.0 Å². The molecule has 0 aliphatic heterocycles. The number of rotatable bonds is 7. The van der Waals surface area contributed by atoms with Crippen LogP contribution in [0.4, 0.5) is 5.69 Å². The Labute approximate surface area is 121 Å². The number of nitrogens with one attached hydrogen (secondary N) is 1. The predicted molar refractivity (Wildman–Crippen MR) is 83.2 cm³/mol. The summed E-state index contributed by atoms with van der Waals surface area (Å²) in [6.45, 7) is 2.93. The molecule has 0 spiro atoms. The Morgan fingerprint density at radius 1 is 1.15 bits per heavy atom. The van der Waals surface area contributed by atoms with Gasteiger partial charge in [0.2, 0.25) is 5.88 Å². The van der Waals surface area contributed by atoms with E-state index in [1.54, 1.807) is 13.3 Å². The Kier molecular flexibility index (Phi) is 5.42. The Balaban J connectivity index is 1.93. The maximum atomic E-state index is 5.25. The first-order chi connectivity index (χ1) is 9.83. The molecule has 0 aliphatic rings. The lowest BCUT2D eigenvalue weighted by atomic mass is 10.1. The van der Waals surface area contributed by atoms with Crippen molar-refractivity contribution in [2.24, 2.45) is 0 Å². The molecule has 1 aromatic heterocycles. The Hall–Kier alpha value is -2.03. The highest BCUT2D eigenvalue weighted by molar-refractivity contribution is 5.45. The third-order valence-corrected chi connectivity index (χ3v) is 3.30. The van der Waals surface area contributed by atoms with E-state index in [2.05, 4.69) is 41.5 Å². The number of hydrogen-bond donors (Lipinski definition) is 1. The van der Waals surface area contributed by atoms with E-state index in [9.17, 15) is 0 Å². The molecule has 0 amide bonds. The van der Waals surface area contributed by atoms with Crippen LogP contribution >= 0.6 is 0 Å². The van der Waals surface area contributed by atoms with Crippen molar-refractivity contribution in [1.82, 2.24) is 4.98 Å². The van der Waals surface area contributed by atoms with E-state index >= 15 is 0 Å². The van der Waals surface area contributed by atoms with E-state index in [1.807, 2.05) is 12.1 Å². The van der Waals surface area contributed by atoms with Gasteiger partial charge in [0.05, 0.1) is 7.11 Å². The van der Waals surface area contributed by atoms with Crippen LogP contribution in [0.5, 0.6) is 5.88 Å². The van der Waals surface area contributed by atoms with Crippen molar-refractivity contribution in [1.29, 1.82) is 0 Å². The third-order valence-electron chi connectivity index (χ3n) is 3.30. The van der Waals surface area contributed by atoms with Gasteiger partial charge in [0.15, 0.2) is 0 Å². The van der Waals surface area contributed by atoms with Gasteiger partial charge in [-0.3, -0.25) is 0 Å². The van der Waals surface area contributed by atoms with Crippen molar-refractivity contribution in [2.45, 2.75) is 32.7 Å². The van der Waals surface area contributed by atoms with Gasteiger partial charge in [0.1, 0.15) is 0 Å². The van der Waals surface area contributed by atoms with E-state index in [0.717, 1.165) is 17.7 Å². The second-order valence-corrected chi connectivity index (χ2v) is 4.83. The molecule has 0 fully saturated rings. The monoisotopic (exact) mass is 270 g/mol. The molecular weight excluding hydrogens is 248 g/mol. The summed E-state index contributed by atoms with van der Waals surface area (Å²) in [6.07, 6.45) is 5.39. The van der Waals surface area contributed by atoms with Gasteiger partial charge >= 0.3 is 0 Å². The molecule has 2 rings (SSSR count). The standard InChI is InChI=1S/C17H22N2O/c1-3-4-6-14-8-10-16(11-9-14)19-13-15-7-5-12-18-17(15)20-2/h5,7-12,19H,3-4,6,13H2,1-2H3. The van der Waals surface area contributed by atoms with Crippen LogP contribution < -0.4 is 10.1 Å². The predicted octanol–water partition coefficient (Wildman–Crippen LogP) is 4.04. The highest BCUT2D eigenvalue weighted by atomic mass is 16.5. The molecule has 0 radical (unpaired) electrons. The average molecular weight is 270 g/mol. The zero-order valence-corrected chi connectivity index (χ0v) is 12.2. The van der Waals surface area contributed by atoms with Crippen molar-refractivity contribution < 1.29 is 4.74 Å². The Morgan fingerprint density at radius 3 is 2.65 bits per heavy atom. The molecule has 0 aliphatic carbocycles. The molecule has 0 saturated carbocycles. The fourth-order valence-corrected chi connectivity index (χ4v) is 2.11. The van der Waals surface area contributed by atoms with Gasteiger partial charge in [-0.05, 0) is 36.6 Å². The second-order valence-electron chi connectivity index (χ2n) is 4.83. The van der Waals surface area contributed by atoms with Gasteiger partial charge < -0.3 is 10.1 Å². The molecule has 0 unspecified atom stereocenters. The van der Waals surface area contributed by atoms with Crippen LogP contribution in [0.1, 0.15) is 30.9 Å². The second kappa shape index (κ2) is 7.53. The van der Waals surface area contributed by atoms with Crippen LogP contribution in [0, 0.1) is 0 Å². The summed E-state index contributed by atoms with van der Waals surface area (Å²) in [5, 5.41) is 3.40. The number of benzene rings is 1. The molecule has 1 aromatic carbocycles. The first-order valence-electron chi connectivity index (χ1n) is 7.14. The highest BCUT2D eigenvalue weighted by Crippen LogP contribution is 2.17. The lowest BCUT2D eigenvalue weighted by molar-refractivity contribution is 0.393. The largest absolute Gasteiger partial charge is 0.481 e. The minimum absolute atomic E-state index is 0.680. The van der Waals surface area contributed by atoms with E-state index in [4.69, 9.17) is 4.74 Å². The molecular formula is C17H22N2O. The number of methoxy groups -OCH3 is 1. The minimum Gasteiger partial charge on any atom is -0.481 e. The van der Waals surface area contributed by atoms with Crippen molar-refractivity contribution in [3.05, 3.63) is 53.7 Å². The van der Waals surface area contributed by atoms with E-state index < -0.39 is 0 Å². The van der Waals surface area contributed by atoms with Gasteiger partial charge in [0.25, 0.3) is 0 Å². The third kappa shape index (κ3) is 3.98. The zero-order valence-electron chi connectivity index (χ0n) is 12.2. The lowest BCUT2D eigenvalue weighted by Crippen LogP contribution is -2.02. The number of pyridine rings is 1. The molecule has 3 heteroatoms. The number of aromatic nitrogens is 1. The molecule has 20 heavy (non-hydrogen) atoms. The number of ether oxygens (including phenoxy) is 1. The van der Waals surface area contributed by atoms with E-state index in [1.165, 1.54) is 18.4 Å². The number of aryl methyl sites for hydroxylation is 1. The van der Waals surface area contributed by atoms with Crippen molar-refractivity contribution in [3.8, 4) is 5.88 Å². The van der Waals surface area contributed by atoms with Gasteiger partial charge in [-0.15, -0.1) is 0 Å². The van der Waals surface area contributed by atoms with Crippen molar-refractivity contribution in [3.63, 3.8) is 0 Å². The van der Waals surface area contributed by atoms with Gasteiger partial charge in [-0.1, -0.05) is 31.5 Å². The molecule has 106 valence electrons. The van der Waals surface area contributed by atoms with Crippen molar-refractivity contribution in [2.75, 3.05) is 12.4 Å². The molecule has 1 N–H and O–H groups in total. The van der Waals surface area contributed by atoms with E-state index in [-0.39, 0.29) is 0 Å². The first-order valence-corrected chi connectivity index (χ1v) is 7.14. The molecule has 2 aromatic rings. The van der Waals surface area contributed by atoms with Gasteiger partial charge in [-0.25, -0.2) is 4.98 Å². The van der Waals surface area contributed by atoms with Crippen LogP contribution in [0.2, 0.25) is 0 Å². The van der Waals surface area contributed by atoms with Crippen molar-refractivity contribution >= 4 is 5.69 Å². The zero-order chi connectivity index (χ0) is 14.2. The normalized spacial score (nSPS) is 10.3. The van der Waals surface area contributed by atoms with Crippen LogP contribution in [0.25, 0.3) is 0 Å². The summed E-state index contributed by atoms with van der Waals surface area (Å²) in [4.78, 5) is 4.20. The number of nitrogens with zero attached hydrogens (tertiary/aromatic N) is 1. The number of hydrogen-bond acceptors (Lipinski definition) is 3. The van der Waals surface area contributed by atoms with Crippen LogP contribution in [-0.4, -0.2) is 12.1 Å². The molecule has 0 bridgehead atoms. The minimum atomic E-state index is 0.680. The van der Waals surface area contributed by atoms with E-state index in [0.29, 0.717) is 12.4 Å². The Morgan fingerprint density at radius 2 is 1.95 bits per heavy atom. The number of anilines is 1. The maximum absolute atomic E-state index is 5.25. The van der Waals surface area contributed by atoms with Crippen LogP contribution in [0.15, 0.2) is 42.6 Å². The van der Waals surface area contributed by atoms with Gasteiger partial charge in [0, 0.05) is 24.0 Å².